The van der Waals surface area contributed by atoms with Crippen LogP contribution in [0.2, 0.25) is 0 Å². The first-order valence-corrected chi connectivity index (χ1v) is 10.7. The van der Waals surface area contributed by atoms with Crippen LogP contribution in [0.5, 0.6) is 0 Å². The fraction of sp³-hybridized carbons (Fsp3) is 0.435. The summed E-state index contributed by atoms with van der Waals surface area (Å²) in [5, 5.41) is 15.1. The van der Waals surface area contributed by atoms with E-state index in [1.54, 1.807) is 17.0 Å². The van der Waals surface area contributed by atoms with Crippen molar-refractivity contribution in [3.8, 4) is 0 Å². The molecule has 1 N–H and O–H groups in total. The maximum Gasteiger partial charge on any atom is 0.282 e. The van der Waals surface area contributed by atoms with Gasteiger partial charge in [0.05, 0.1) is 4.92 Å². The first-order valence-electron chi connectivity index (χ1n) is 10.7. The van der Waals surface area contributed by atoms with Crippen LogP contribution in [0.1, 0.15) is 41.6 Å². The Morgan fingerprint density at radius 1 is 1.07 bits per heavy atom. The summed E-state index contributed by atoms with van der Waals surface area (Å²) in [4.78, 5) is 27.9. The number of nitro groups is 1. The third-order valence-electron chi connectivity index (χ3n) is 6.05. The summed E-state index contributed by atoms with van der Waals surface area (Å²) in [5.74, 6) is -0.225. The Bertz CT molecular complexity index is 932. The number of nitrogens with one attached hydrogen (secondary N) is 1. The third kappa shape index (κ3) is 4.40. The number of hydrogen-bond donors (Lipinski definition) is 1. The normalized spacial score (nSPS) is 17.2. The molecule has 2 saturated heterocycles. The van der Waals surface area contributed by atoms with Gasteiger partial charge in [0.1, 0.15) is 5.56 Å². The number of amides is 1. The molecule has 0 unspecified atom stereocenters. The van der Waals surface area contributed by atoms with Crippen LogP contribution in [0.15, 0.2) is 42.5 Å². The van der Waals surface area contributed by atoms with Crippen molar-refractivity contribution in [1.82, 2.24) is 4.90 Å². The Labute approximate surface area is 176 Å². The van der Waals surface area contributed by atoms with Gasteiger partial charge in [-0.1, -0.05) is 12.1 Å². The number of aryl methyl sites for hydroxylation is 1. The quantitative estimate of drug-likeness (QED) is 0.592. The van der Waals surface area contributed by atoms with Crippen LogP contribution >= 0.6 is 0 Å². The lowest BCUT2D eigenvalue weighted by molar-refractivity contribution is -0.385. The molecule has 2 aliphatic heterocycles. The van der Waals surface area contributed by atoms with Gasteiger partial charge in [-0.25, -0.2) is 0 Å². The van der Waals surface area contributed by atoms with Crippen LogP contribution in [0.4, 0.5) is 17.1 Å². The Balaban J connectivity index is 1.46. The number of nitro benzene ring substituents is 1. The van der Waals surface area contributed by atoms with Crippen molar-refractivity contribution in [2.24, 2.45) is 0 Å². The summed E-state index contributed by atoms with van der Waals surface area (Å²) in [7, 11) is 0. The highest BCUT2D eigenvalue weighted by molar-refractivity contribution is 5.99. The first kappa shape index (κ1) is 20.2. The van der Waals surface area contributed by atoms with Gasteiger partial charge in [0.25, 0.3) is 11.6 Å². The second kappa shape index (κ2) is 8.73. The van der Waals surface area contributed by atoms with E-state index in [1.807, 2.05) is 0 Å². The van der Waals surface area contributed by atoms with E-state index in [0.29, 0.717) is 19.1 Å². The number of carbonyl (C=O) groups excluding carboxylic acids is 1. The third-order valence-corrected chi connectivity index (χ3v) is 6.05. The van der Waals surface area contributed by atoms with Gasteiger partial charge < -0.3 is 15.1 Å². The molecule has 30 heavy (non-hydrogen) atoms. The lowest BCUT2D eigenvalue weighted by Crippen LogP contribution is -2.39. The molecule has 2 aromatic carbocycles. The van der Waals surface area contributed by atoms with Crippen LogP contribution in [-0.4, -0.2) is 48.0 Å². The maximum atomic E-state index is 12.9. The fourth-order valence-electron chi connectivity index (χ4n) is 4.39. The Morgan fingerprint density at radius 3 is 2.47 bits per heavy atom. The standard InChI is InChI=1S/C23H28N4O3/c1-17-5-4-6-19(15-17)24-18-9-13-25(14-10-18)20-7-8-22(27(29)30)21(16-20)23(28)26-11-2-3-12-26/h4-8,15-16,18,24H,2-3,9-14H2,1H3. The second-order valence-electron chi connectivity index (χ2n) is 8.23. The molecule has 2 aromatic rings. The largest absolute Gasteiger partial charge is 0.382 e. The van der Waals surface area contributed by atoms with Gasteiger partial charge in [0.2, 0.25) is 0 Å². The van der Waals surface area contributed by atoms with E-state index in [-0.39, 0.29) is 17.2 Å². The fourth-order valence-corrected chi connectivity index (χ4v) is 4.39. The predicted molar refractivity (Wildman–Crippen MR) is 118 cm³/mol. The number of anilines is 2. The summed E-state index contributed by atoms with van der Waals surface area (Å²) in [6, 6.07) is 13.7. The topological polar surface area (TPSA) is 78.7 Å². The molecule has 2 aliphatic rings. The summed E-state index contributed by atoms with van der Waals surface area (Å²) >= 11 is 0. The van der Waals surface area contributed by atoms with E-state index in [2.05, 4.69) is 41.4 Å². The van der Waals surface area contributed by atoms with Gasteiger partial charge in [0, 0.05) is 49.7 Å². The lowest BCUT2D eigenvalue weighted by Gasteiger charge is -2.34. The van der Waals surface area contributed by atoms with Crippen molar-refractivity contribution < 1.29 is 9.72 Å². The highest BCUT2D eigenvalue weighted by atomic mass is 16.6. The Morgan fingerprint density at radius 2 is 1.80 bits per heavy atom. The SMILES string of the molecule is Cc1cccc(NC2CCN(c3ccc([N+](=O)[O-])c(C(=O)N4CCCC4)c3)CC2)c1. The summed E-state index contributed by atoms with van der Waals surface area (Å²) in [5.41, 5.74) is 3.36. The van der Waals surface area contributed by atoms with Gasteiger partial charge >= 0.3 is 0 Å². The molecule has 7 nitrogen and oxygen atoms in total. The van der Waals surface area contributed by atoms with Crippen molar-refractivity contribution in [2.45, 2.75) is 38.6 Å². The second-order valence-corrected chi connectivity index (χ2v) is 8.23. The molecule has 0 bridgehead atoms. The lowest BCUT2D eigenvalue weighted by atomic mass is 10.0. The van der Waals surface area contributed by atoms with Gasteiger partial charge in [-0.05, 0) is 62.4 Å². The van der Waals surface area contributed by atoms with Gasteiger partial charge in [-0.2, -0.15) is 0 Å². The van der Waals surface area contributed by atoms with Crippen LogP contribution in [0.3, 0.4) is 0 Å². The molecule has 2 heterocycles. The van der Waals surface area contributed by atoms with Gasteiger partial charge in [-0.3, -0.25) is 14.9 Å². The number of benzene rings is 2. The molecule has 1 amide bonds. The Hall–Kier alpha value is -3.09. The van der Waals surface area contributed by atoms with E-state index in [4.69, 9.17) is 0 Å². The van der Waals surface area contributed by atoms with E-state index in [0.717, 1.165) is 50.1 Å². The smallest absolute Gasteiger partial charge is 0.282 e. The minimum atomic E-state index is -0.453. The molecule has 0 aromatic heterocycles. The van der Waals surface area contributed by atoms with Gasteiger partial charge in [-0.15, -0.1) is 0 Å². The number of carbonyl (C=O) groups is 1. The highest BCUT2D eigenvalue weighted by Crippen LogP contribution is 2.29. The molecule has 0 radical (unpaired) electrons. The maximum absolute atomic E-state index is 12.9. The monoisotopic (exact) mass is 408 g/mol. The number of hydrogen-bond acceptors (Lipinski definition) is 5. The molecule has 158 valence electrons. The zero-order valence-electron chi connectivity index (χ0n) is 17.3. The van der Waals surface area contributed by atoms with Crippen molar-refractivity contribution in [1.29, 1.82) is 0 Å². The van der Waals surface area contributed by atoms with Crippen molar-refractivity contribution >= 4 is 23.0 Å². The summed E-state index contributed by atoms with van der Waals surface area (Å²) in [6.07, 6.45) is 3.86. The van der Waals surface area contributed by atoms with E-state index in [9.17, 15) is 14.9 Å². The zero-order chi connectivity index (χ0) is 21.1. The predicted octanol–water partition coefficient (Wildman–Crippen LogP) is 4.22. The van der Waals surface area contributed by atoms with E-state index < -0.39 is 4.92 Å². The summed E-state index contributed by atoms with van der Waals surface area (Å²) in [6.45, 7) is 5.13. The van der Waals surface area contributed by atoms with E-state index in [1.165, 1.54) is 11.6 Å². The molecule has 4 rings (SSSR count). The number of piperidine rings is 1. The average molecular weight is 409 g/mol. The van der Waals surface area contributed by atoms with Crippen LogP contribution in [-0.2, 0) is 0 Å². The molecular formula is C23H28N4O3. The molecular weight excluding hydrogens is 380 g/mol. The van der Waals surface area contributed by atoms with Crippen LogP contribution < -0.4 is 10.2 Å². The van der Waals surface area contributed by atoms with Crippen molar-refractivity contribution in [2.75, 3.05) is 36.4 Å². The molecule has 0 saturated carbocycles. The molecule has 0 atom stereocenters. The average Bonchev–Trinajstić information content (AvgIpc) is 3.28. The molecule has 0 aliphatic carbocycles. The first-order chi connectivity index (χ1) is 14.5. The minimum Gasteiger partial charge on any atom is -0.382 e. The van der Waals surface area contributed by atoms with E-state index >= 15 is 0 Å². The van der Waals surface area contributed by atoms with Gasteiger partial charge in [0.15, 0.2) is 0 Å². The molecule has 0 spiro atoms. The minimum absolute atomic E-state index is 0.105. The van der Waals surface area contributed by atoms with Crippen LogP contribution in [0, 0.1) is 17.0 Å². The number of rotatable bonds is 5. The highest BCUT2D eigenvalue weighted by Gasteiger charge is 2.28. The molecule has 2 fully saturated rings. The summed E-state index contributed by atoms with van der Waals surface area (Å²) < 4.78 is 0. The number of nitrogens with zero attached hydrogens (tertiary/aromatic N) is 3. The van der Waals surface area contributed by atoms with Crippen molar-refractivity contribution in [3.05, 3.63) is 63.7 Å². The number of likely N-dealkylation sites (tertiary alicyclic amines) is 1. The molecule has 7 heteroatoms. The zero-order valence-corrected chi connectivity index (χ0v) is 17.3. The van der Waals surface area contributed by atoms with Crippen LogP contribution in [0.25, 0.3) is 0 Å². The Kier molecular flexibility index (Phi) is 5.88. The van der Waals surface area contributed by atoms with Crippen molar-refractivity contribution in [3.63, 3.8) is 0 Å².